The minimum absolute atomic E-state index is 0.0321. The van der Waals surface area contributed by atoms with Crippen molar-refractivity contribution >= 4 is 0 Å². The first-order chi connectivity index (χ1) is 16.1. The van der Waals surface area contributed by atoms with Crippen molar-refractivity contribution in [2.45, 2.75) is 32.5 Å². The Balaban J connectivity index is 1.60. The number of hydrogen-bond acceptors (Lipinski definition) is 7. The van der Waals surface area contributed by atoms with E-state index < -0.39 is 0 Å². The Morgan fingerprint density at radius 2 is 1.82 bits per heavy atom. The molecule has 1 unspecified atom stereocenters. The molecule has 0 amide bonds. The third-order valence-corrected chi connectivity index (χ3v) is 5.50. The predicted octanol–water partition coefficient (Wildman–Crippen LogP) is 3.77. The molecule has 1 atom stereocenters. The third kappa shape index (κ3) is 5.24. The predicted molar refractivity (Wildman–Crippen MR) is 127 cm³/mol. The van der Waals surface area contributed by atoms with Gasteiger partial charge >= 0.3 is 0 Å². The average molecular weight is 446 g/mol. The maximum atomic E-state index is 12.3. The van der Waals surface area contributed by atoms with E-state index in [1.165, 1.54) is 11.6 Å². The molecule has 3 aromatic heterocycles. The lowest BCUT2D eigenvalue weighted by Crippen LogP contribution is -2.26. The Morgan fingerprint density at radius 3 is 2.55 bits per heavy atom. The van der Waals surface area contributed by atoms with Crippen LogP contribution in [0.15, 0.2) is 70.4 Å². The molecule has 1 N–H and O–H groups in total. The van der Waals surface area contributed by atoms with Crippen LogP contribution in [-0.2, 0) is 17.8 Å². The molecule has 4 aromatic rings. The first-order valence-electron chi connectivity index (χ1n) is 10.9. The Morgan fingerprint density at radius 1 is 1.06 bits per heavy atom. The molecule has 0 aliphatic carbocycles. The minimum Gasteiger partial charge on any atom is -0.380 e. The minimum atomic E-state index is -0.0843. The van der Waals surface area contributed by atoms with Crippen LogP contribution < -0.4 is 10.9 Å². The fourth-order valence-corrected chi connectivity index (χ4v) is 3.57. The number of rotatable bonds is 9. The number of pyridine rings is 1. The van der Waals surface area contributed by atoms with Crippen LogP contribution in [0.3, 0.4) is 0 Å². The summed E-state index contributed by atoms with van der Waals surface area (Å²) in [5.74, 6) is 0.525. The summed E-state index contributed by atoms with van der Waals surface area (Å²) >= 11 is 0. The summed E-state index contributed by atoms with van der Waals surface area (Å²) in [5.41, 5.74) is 4.80. The van der Waals surface area contributed by atoms with Crippen molar-refractivity contribution in [2.75, 3.05) is 14.2 Å². The van der Waals surface area contributed by atoms with Gasteiger partial charge in [-0.2, -0.15) is 0 Å². The third-order valence-electron chi connectivity index (χ3n) is 5.50. The highest BCUT2D eigenvalue weighted by atomic mass is 16.5. The topological polar surface area (TPSA) is 95.1 Å². The Labute approximate surface area is 192 Å². The summed E-state index contributed by atoms with van der Waals surface area (Å²) in [6.07, 6.45) is 5.87. The van der Waals surface area contributed by atoms with Gasteiger partial charge in [0.25, 0.3) is 5.56 Å². The molecule has 0 bridgehead atoms. The van der Waals surface area contributed by atoms with Crippen molar-refractivity contribution in [3.63, 3.8) is 0 Å². The second kappa shape index (κ2) is 10.3. The van der Waals surface area contributed by atoms with Crippen molar-refractivity contribution in [1.29, 1.82) is 0 Å². The van der Waals surface area contributed by atoms with E-state index in [1.807, 2.05) is 32.2 Å². The molecule has 0 spiro atoms. The van der Waals surface area contributed by atoms with Crippen LogP contribution in [0.4, 0.5) is 0 Å². The number of benzene rings is 1. The van der Waals surface area contributed by atoms with Crippen molar-refractivity contribution < 1.29 is 9.26 Å². The molecule has 1 aromatic carbocycles. The molecule has 0 saturated carbocycles. The van der Waals surface area contributed by atoms with Gasteiger partial charge in [0.2, 0.25) is 0 Å². The van der Waals surface area contributed by atoms with Crippen LogP contribution in [0, 0.1) is 0 Å². The molecular weight excluding hydrogens is 418 g/mol. The van der Waals surface area contributed by atoms with Crippen LogP contribution in [-0.4, -0.2) is 40.0 Å². The summed E-state index contributed by atoms with van der Waals surface area (Å²) in [4.78, 5) is 21.3. The molecule has 0 aliphatic rings. The van der Waals surface area contributed by atoms with Gasteiger partial charge in [-0.15, -0.1) is 0 Å². The standard InChI is InChI=1S/C25H27N5O3/c1-4-20(32-3)16-30-15-19(9-10-25(30)31)22-13-27-14-23(28-22)24-11-21(29-33-24)18-7-5-17(6-8-18)12-26-2/h5-11,13-15,20,26H,4,12,16H2,1-3H3. The molecule has 0 aliphatic heterocycles. The normalized spacial score (nSPS) is 12.1. The maximum absolute atomic E-state index is 12.3. The van der Waals surface area contributed by atoms with E-state index in [4.69, 9.17) is 14.2 Å². The van der Waals surface area contributed by atoms with Crippen molar-refractivity contribution in [3.8, 4) is 34.0 Å². The highest BCUT2D eigenvalue weighted by Gasteiger charge is 2.13. The van der Waals surface area contributed by atoms with E-state index in [0.717, 1.165) is 29.8 Å². The summed E-state index contributed by atoms with van der Waals surface area (Å²) in [5, 5.41) is 7.33. The number of nitrogens with one attached hydrogen (secondary N) is 1. The van der Waals surface area contributed by atoms with Gasteiger partial charge in [0, 0.05) is 43.1 Å². The van der Waals surface area contributed by atoms with E-state index in [9.17, 15) is 4.79 Å². The maximum Gasteiger partial charge on any atom is 0.250 e. The molecule has 170 valence electrons. The smallest absolute Gasteiger partial charge is 0.250 e. The monoisotopic (exact) mass is 445 g/mol. The Bertz CT molecular complexity index is 1260. The molecular formula is C25H27N5O3. The Kier molecular flexibility index (Phi) is 7.07. The number of ether oxygens (including phenoxy) is 1. The molecule has 8 nitrogen and oxygen atoms in total. The molecule has 0 saturated heterocycles. The highest BCUT2D eigenvalue weighted by Crippen LogP contribution is 2.26. The van der Waals surface area contributed by atoms with Crippen molar-refractivity contribution in [3.05, 3.63) is 77.0 Å². The largest absolute Gasteiger partial charge is 0.380 e. The van der Waals surface area contributed by atoms with Gasteiger partial charge in [-0.25, -0.2) is 4.98 Å². The fourth-order valence-electron chi connectivity index (χ4n) is 3.57. The highest BCUT2D eigenvalue weighted by molar-refractivity contribution is 5.66. The molecule has 8 heteroatoms. The van der Waals surface area contributed by atoms with E-state index in [-0.39, 0.29) is 11.7 Å². The second-order valence-electron chi connectivity index (χ2n) is 7.77. The molecule has 0 fully saturated rings. The number of hydrogen-bond donors (Lipinski definition) is 1. The van der Waals surface area contributed by atoms with Crippen molar-refractivity contribution in [1.82, 2.24) is 25.0 Å². The molecule has 4 rings (SSSR count). The number of methoxy groups -OCH3 is 1. The lowest BCUT2D eigenvalue weighted by Gasteiger charge is -2.15. The van der Waals surface area contributed by atoms with E-state index >= 15 is 0 Å². The molecule has 0 radical (unpaired) electrons. The first-order valence-corrected chi connectivity index (χ1v) is 10.9. The molecule has 3 heterocycles. The average Bonchev–Trinajstić information content (AvgIpc) is 3.35. The molecule has 33 heavy (non-hydrogen) atoms. The van der Waals surface area contributed by atoms with E-state index in [1.54, 1.807) is 36.3 Å². The summed E-state index contributed by atoms with van der Waals surface area (Å²) in [7, 11) is 3.57. The van der Waals surface area contributed by atoms with Gasteiger partial charge in [-0.3, -0.25) is 9.78 Å². The lowest BCUT2D eigenvalue weighted by atomic mass is 10.1. The van der Waals surface area contributed by atoms with Gasteiger partial charge in [-0.05, 0) is 25.1 Å². The van der Waals surface area contributed by atoms with Gasteiger partial charge < -0.3 is 19.1 Å². The summed E-state index contributed by atoms with van der Waals surface area (Å²) < 4.78 is 12.6. The first kappa shape index (κ1) is 22.6. The zero-order valence-electron chi connectivity index (χ0n) is 19.0. The van der Waals surface area contributed by atoms with Crippen LogP contribution >= 0.6 is 0 Å². The Hall–Kier alpha value is -3.62. The van der Waals surface area contributed by atoms with Gasteiger partial charge in [0.1, 0.15) is 11.4 Å². The quantitative estimate of drug-likeness (QED) is 0.419. The SMILES string of the molecule is CCC(Cn1cc(-c2cncc(-c3cc(-c4ccc(CNC)cc4)no3)n2)ccc1=O)OC. The van der Waals surface area contributed by atoms with Gasteiger partial charge in [0.05, 0.1) is 30.7 Å². The zero-order valence-corrected chi connectivity index (χ0v) is 19.0. The van der Waals surface area contributed by atoms with Gasteiger partial charge in [0.15, 0.2) is 5.76 Å². The van der Waals surface area contributed by atoms with Crippen molar-refractivity contribution in [2.24, 2.45) is 0 Å². The number of aromatic nitrogens is 4. The van der Waals surface area contributed by atoms with Crippen LogP contribution in [0.25, 0.3) is 34.0 Å². The fraction of sp³-hybridized carbons (Fsp3) is 0.280. The number of nitrogens with zero attached hydrogens (tertiary/aromatic N) is 4. The van der Waals surface area contributed by atoms with Crippen LogP contribution in [0.1, 0.15) is 18.9 Å². The summed E-state index contributed by atoms with van der Waals surface area (Å²) in [6, 6.07) is 13.3. The zero-order chi connectivity index (χ0) is 23.2. The van der Waals surface area contributed by atoms with Crippen LogP contribution in [0.5, 0.6) is 0 Å². The van der Waals surface area contributed by atoms with Crippen LogP contribution in [0.2, 0.25) is 0 Å². The van der Waals surface area contributed by atoms with Gasteiger partial charge in [-0.1, -0.05) is 36.3 Å². The summed E-state index contributed by atoms with van der Waals surface area (Å²) in [6.45, 7) is 3.32. The van der Waals surface area contributed by atoms with E-state index in [0.29, 0.717) is 23.7 Å². The van der Waals surface area contributed by atoms with E-state index in [2.05, 4.69) is 27.6 Å². The lowest BCUT2D eigenvalue weighted by molar-refractivity contribution is 0.0838. The second-order valence-corrected chi connectivity index (χ2v) is 7.77.